The van der Waals surface area contributed by atoms with Gasteiger partial charge in [0.25, 0.3) is 0 Å². The van der Waals surface area contributed by atoms with E-state index in [1.54, 1.807) is 8.35 Å². The van der Waals surface area contributed by atoms with Crippen molar-refractivity contribution in [3.05, 3.63) is 0 Å². The second kappa shape index (κ2) is 4.72. The van der Waals surface area contributed by atoms with Crippen molar-refractivity contribution in [2.75, 3.05) is 0 Å². The van der Waals surface area contributed by atoms with Crippen molar-refractivity contribution in [1.29, 1.82) is 0 Å². The third kappa shape index (κ3) is 3.01. The second-order valence-corrected chi connectivity index (χ2v) is 15.6. The van der Waals surface area contributed by atoms with Gasteiger partial charge in [-0.25, -0.2) is 0 Å². The SMILES string of the molecule is C[CH2][In]([CH2]C)[CH](C)C. The minimum atomic E-state index is -0.890. The number of hydrogen-bond donors (Lipinski definition) is 0. The Hall–Kier alpha value is 0.870. The minimum absolute atomic E-state index is 0.890. The van der Waals surface area contributed by atoms with Gasteiger partial charge in [-0.3, -0.25) is 0 Å². The van der Waals surface area contributed by atoms with Crippen molar-refractivity contribution in [2.24, 2.45) is 0 Å². The predicted octanol–water partition coefficient (Wildman–Crippen LogP) is 2.93. The fourth-order valence-electron chi connectivity index (χ4n) is 1.23. The van der Waals surface area contributed by atoms with Crippen LogP contribution in [0.1, 0.15) is 27.7 Å². The summed E-state index contributed by atoms with van der Waals surface area (Å²) in [5.41, 5.74) is 0. The summed E-state index contributed by atoms with van der Waals surface area (Å²) in [4.78, 5) is 0. The van der Waals surface area contributed by atoms with Crippen LogP contribution in [0.15, 0.2) is 0 Å². The van der Waals surface area contributed by atoms with Gasteiger partial charge in [0.05, 0.1) is 0 Å². The monoisotopic (exact) mass is 216 g/mol. The van der Waals surface area contributed by atoms with Crippen LogP contribution in [-0.4, -0.2) is 21.4 Å². The van der Waals surface area contributed by atoms with Gasteiger partial charge in [-0.2, -0.15) is 0 Å². The first-order chi connectivity index (χ1) is 3.72. The summed E-state index contributed by atoms with van der Waals surface area (Å²) in [6.45, 7) is 9.52. The third-order valence-electron chi connectivity index (χ3n) is 1.99. The summed E-state index contributed by atoms with van der Waals surface area (Å²) in [5.74, 6) is 0. The van der Waals surface area contributed by atoms with E-state index in [1.165, 1.54) is 0 Å². The first-order valence-electron chi connectivity index (χ1n) is 3.72. The quantitative estimate of drug-likeness (QED) is 0.680. The van der Waals surface area contributed by atoms with Crippen molar-refractivity contribution in [1.82, 2.24) is 0 Å². The van der Waals surface area contributed by atoms with Crippen molar-refractivity contribution < 1.29 is 0 Å². The Labute approximate surface area is 61.2 Å². The van der Waals surface area contributed by atoms with E-state index in [2.05, 4.69) is 27.7 Å². The molecule has 0 N–H and O–H groups in total. The van der Waals surface area contributed by atoms with E-state index in [1.807, 2.05) is 0 Å². The van der Waals surface area contributed by atoms with Crippen molar-refractivity contribution in [3.8, 4) is 0 Å². The molecule has 0 saturated heterocycles. The van der Waals surface area contributed by atoms with Crippen LogP contribution in [-0.2, 0) is 0 Å². The molecule has 0 spiro atoms. The van der Waals surface area contributed by atoms with Gasteiger partial charge in [-0.05, 0) is 0 Å². The van der Waals surface area contributed by atoms with Gasteiger partial charge in [0, 0.05) is 0 Å². The molecule has 0 nitrogen and oxygen atoms in total. The average molecular weight is 216 g/mol. The van der Waals surface area contributed by atoms with E-state index in [0.29, 0.717) is 0 Å². The van der Waals surface area contributed by atoms with Crippen LogP contribution in [0.3, 0.4) is 0 Å². The van der Waals surface area contributed by atoms with Crippen LogP contribution in [0.2, 0.25) is 12.0 Å². The summed E-state index contributed by atoms with van der Waals surface area (Å²) in [5, 5.41) is 0. The van der Waals surface area contributed by atoms with Crippen LogP contribution >= 0.6 is 0 Å². The Bertz CT molecular complexity index is 46.3. The summed E-state index contributed by atoms with van der Waals surface area (Å²) in [7, 11) is 0. The molecule has 48 valence electrons. The van der Waals surface area contributed by atoms with Gasteiger partial charge in [0.15, 0.2) is 0 Å². The molecule has 8 heavy (non-hydrogen) atoms. The molecule has 0 aliphatic carbocycles. The molecule has 0 aliphatic rings. The Morgan fingerprint density at radius 3 is 1.50 bits per heavy atom. The molecule has 0 rings (SSSR count). The summed E-state index contributed by atoms with van der Waals surface area (Å²) >= 11 is -0.890. The van der Waals surface area contributed by atoms with Crippen LogP contribution in [0.4, 0.5) is 0 Å². The molecule has 0 aliphatic heterocycles. The van der Waals surface area contributed by atoms with Gasteiger partial charge in [-0.15, -0.1) is 0 Å². The van der Waals surface area contributed by atoms with Crippen LogP contribution in [0.25, 0.3) is 0 Å². The standard InChI is InChI=1S/C3H7.2C2H5.In/c1-3-2;2*1-2;/h3H,1-2H3;2*1H2,2H3;. The van der Waals surface area contributed by atoms with Gasteiger partial charge in [0.1, 0.15) is 0 Å². The molecule has 0 bridgehead atoms. The zero-order valence-corrected chi connectivity index (χ0v) is 9.86. The fourth-order valence-corrected chi connectivity index (χ4v) is 8.26. The Kier molecular flexibility index (Phi) is 5.23. The molecule has 0 aromatic carbocycles. The van der Waals surface area contributed by atoms with Gasteiger partial charge in [0.2, 0.25) is 0 Å². The average Bonchev–Trinajstić information content (AvgIpc) is 1.69. The summed E-state index contributed by atoms with van der Waals surface area (Å²) in [6.07, 6.45) is 0. The van der Waals surface area contributed by atoms with Crippen LogP contribution in [0, 0.1) is 0 Å². The molecule has 1 heteroatoms. The zero-order valence-electron chi connectivity index (χ0n) is 6.57. The van der Waals surface area contributed by atoms with Crippen LogP contribution < -0.4 is 0 Å². The number of rotatable bonds is 3. The molecule has 0 aromatic heterocycles. The van der Waals surface area contributed by atoms with Crippen LogP contribution in [0.5, 0.6) is 0 Å². The van der Waals surface area contributed by atoms with E-state index < -0.39 is 21.4 Å². The topological polar surface area (TPSA) is 0 Å². The Balaban J connectivity index is 3.35. The normalized spacial score (nSPS) is 10.1. The Morgan fingerprint density at radius 1 is 1.12 bits per heavy atom. The summed E-state index contributed by atoms with van der Waals surface area (Å²) in [6, 6.07) is 0. The maximum absolute atomic E-state index is 2.40. The van der Waals surface area contributed by atoms with Crippen molar-refractivity contribution in [2.45, 2.75) is 39.7 Å². The molecular weight excluding hydrogens is 199 g/mol. The van der Waals surface area contributed by atoms with Crippen molar-refractivity contribution >= 4 is 21.4 Å². The van der Waals surface area contributed by atoms with E-state index >= 15 is 0 Å². The zero-order chi connectivity index (χ0) is 6.57. The molecule has 0 amide bonds. The molecule has 0 fully saturated rings. The molecular formula is C7H17In. The molecule has 0 saturated carbocycles. The predicted molar refractivity (Wildman–Crippen MR) is 41.8 cm³/mol. The molecule has 0 heterocycles. The van der Waals surface area contributed by atoms with E-state index in [9.17, 15) is 0 Å². The Morgan fingerprint density at radius 2 is 1.50 bits per heavy atom. The third-order valence-corrected chi connectivity index (χ3v) is 13.4. The summed E-state index contributed by atoms with van der Waals surface area (Å²) < 4.78 is 4.19. The van der Waals surface area contributed by atoms with Crippen molar-refractivity contribution in [3.63, 3.8) is 0 Å². The van der Waals surface area contributed by atoms with Gasteiger partial charge < -0.3 is 0 Å². The first kappa shape index (κ1) is 8.87. The maximum atomic E-state index is 2.40. The first-order valence-corrected chi connectivity index (χ1v) is 10.3. The molecule has 0 aromatic rings. The van der Waals surface area contributed by atoms with Gasteiger partial charge >= 0.3 is 61.2 Å². The molecule has 0 unspecified atom stereocenters. The number of hydrogen-bond acceptors (Lipinski definition) is 0. The van der Waals surface area contributed by atoms with E-state index in [4.69, 9.17) is 0 Å². The fraction of sp³-hybridized carbons (Fsp3) is 1.00. The van der Waals surface area contributed by atoms with Gasteiger partial charge in [-0.1, -0.05) is 0 Å². The molecule has 0 atom stereocenters. The van der Waals surface area contributed by atoms with E-state index in [-0.39, 0.29) is 0 Å². The van der Waals surface area contributed by atoms with E-state index in [0.717, 1.165) is 3.67 Å². The second-order valence-electron chi connectivity index (χ2n) is 2.82. The molecule has 0 radical (unpaired) electrons.